The van der Waals surface area contributed by atoms with Crippen LogP contribution in [0, 0.1) is 0 Å². The van der Waals surface area contributed by atoms with Crippen LogP contribution in [0.5, 0.6) is 0 Å². The SMILES string of the molecule is Cn1ncc2c(NCCCCCN)ncnc21. The molecule has 0 fully saturated rings. The Morgan fingerprint density at radius 1 is 1.29 bits per heavy atom. The number of fused-ring (bicyclic) bond motifs is 1. The second-order valence-corrected chi connectivity index (χ2v) is 4.00. The minimum atomic E-state index is 0.764. The van der Waals surface area contributed by atoms with E-state index < -0.39 is 0 Å². The van der Waals surface area contributed by atoms with Gasteiger partial charge in [-0.3, -0.25) is 4.68 Å². The molecule has 17 heavy (non-hydrogen) atoms. The number of hydrogen-bond donors (Lipinski definition) is 2. The molecule has 2 rings (SSSR count). The largest absolute Gasteiger partial charge is 0.369 e. The highest BCUT2D eigenvalue weighted by molar-refractivity contribution is 5.85. The zero-order chi connectivity index (χ0) is 12.1. The van der Waals surface area contributed by atoms with E-state index in [1.54, 1.807) is 17.2 Å². The lowest BCUT2D eigenvalue weighted by molar-refractivity contribution is 0.706. The van der Waals surface area contributed by atoms with Gasteiger partial charge in [-0.15, -0.1) is 0 Å². The summed E-state index contributed by atoms with van der Waals surface area (Å²) in [6.07, 6.45) is 6.67. The summed E-state index contributed by atoms with van der Waals surface area (Å²) in [7, 11) is 1.88. The normalized spacial score (nSPS) is 10.9. The summed E-state index contributed by atoms with van der Waals surface area (Å²) in [5.41, 5.74) is 6.30. The number of hydrogen-bond acceptors (Lipinski definition) is 5. The van der Waals surface area contributed by atoms with Crippen molar-refractivity contribution in [1.29, 1.82) is 0 Å². The number of unbranched alkanes of at least 4 members (excludes halogenated alkanes) is 2. The molecule has 0 atom stereocenters. The molecule has 0 aliphatic carbocycles. The van der Waals surface area contributed by atoms with Crippen molar-refractivity contribution < 1.29 is 0 Å². The molecule has 0 amide bonds. The number of anilines is 1. The molecule has 0 aliphatic rings. The molecule has 2 aromatic rings. The Labute approximate surface area is 100 Å². The van der Waals surface area contributed by atoms with E-state index in [9.17, 15) is 0 Å². The molecule has 0 saturated heterocycles. The van der Waals surface area contributed by atoms with Crippen molar-refractivity contribution in [2.45, 2.75) is 19.3 Å². The van der Waals surface area contributed by atoms with Gasteiger partial charge in [0.25, 0.3) is 0 Å². The first-order valence-electron chi connectivity index (χ1n) is 5.89. The van der Waals surface area contributed by atoms with Crippen molar-refractivity contribution in [1.82, 2.24) is 19.7 Å². The summed E-state index contributed by atoms with van der Waals surface area (Å²) in [4.78, 5) is 8.43. The van der Waals surface area contributed by atoms with Crippen molar-refractivity contribution in [2.75, 3.05) is 18.4 Å². The van der Waals surface area contributed by atoms with E-state index in [2.05, 4.69) is 20.4 Å². The highest BCUT2D eigenvalue weighted by atomic mass is 15.3. The van der Waals surface area contributed by atoms with Gasteiger partial charge in [0.05, 0.1) is 11.6 Å². The van der Waals surface area contributed by atoms with Gasteiger partial charge in [-0.1, -0.05) is 6.42 Å². The molecule has 0 saturated carbocycles. The number of aromatic nitrogens is 4. The highest BCUT2D eigenvalue weighted by Gasteiger charge is 2.06. The smallest absolute Gasteiger partial charge is 0.163 e. The van der Waals surface area contributed by atoms with E-state index >= 15 is 0 Å². The summed E-state index contributed by atoms with van der Waals surface area (Å²) in [5, 5.41) is 8.45. The maximum Gasteiger partial charge on any atom is 0.163 e. The monoisotopic (exact) mass is 234 g/mol. The molecule has 2 aromatic heterocycles. The second kappa shape index (κ2) is 5.58. The zero-order valence-corrected chi connectivity index (χ0v) is 10.1. The van der Waals surface area contributed by atoms with Gasteiger partial charge < -0.3 is 11.1 Å². The number of nitrogens with zero attached hydrogens (tertiary/aromatic N) is 4. The van der Waals surface area contributed by atoms with Crippen LogP contribution in [0.15, 0.2) is 12.5 Å². The predicted molar refractivity (Wildman–Crippen MR) is 67.7 cm³/mol. The molecular formula is C11H18N6. The minimum absolute atomic E-state index is 0.764. The summed E-state index contributed by atoms with van der Waals surface area (Å²) < 4.78 is 1.75. The van der Waals surface area contributed by atoms with Gasteiger partial charge in [0.1, 0.15) is 12.1 Å². The number of aryl methyl sites for hydroxylation is 1. The molecule has 3 N–H and O–H groups in total. The summed E-state index contributed by atoms with van der Waals surface area (Å²) in [6.45, 7) is 1.67. The highest BCUT2D eigenvalue weighted by Crippen LogP contribution is 2.17. The Bertz CT molecular complexity index is 478. The first-order chi connectivity index (χ1) is 8.33. The van der Waals surface area contributed by atoms with Crippen LogP contribution in [0.25, 0.3) is 11.0 Å². The topological polar surface area (TPSA) is 81.7 Å². The zero-order valence-electron chi connectivity index (χ0n) is 10.1. The van der Waals surface area contributed by atoms with Gasteiger partial charge in [-0.25, -0.2) is 9.97 Å². The maximum atomic E-state index is 5.45. The molecule has 0 aliphatic heterocycles. The predicted octanol–water partition coefficient (Wildman–Crippen LogP) is 0.904. The van der Waals surface area contributed by atoms with Crippen LogP contribution in [0.2, 0.25) is 0 Å². The van der Waals surface area contributed by atoms with Crippen LogP contribution in [0.4, 0.5) is 5.82 Å². The molecule has 0 aromatic carbocycles. The number of nitrogens with one attached hydrogen (secondary N) is 1. The molecule has 0 bridgehead atoms. The van der Waals surface area contributed by atoms with E-state index in [-0.39, 0.29) is 0 Å². The van der Waals surface area contributed by atoms with Gasteiger partial charge in [-0.05, 0) is 19.4 Å². The summed E-state index contributed by atoms with van der Waals surface area (Å²) in [5.74, 6) is 0.857. The van der Waals surface area contributed by atoms with Crippen LogP contribution in [0.1, 0.15) is 19.3 Å². The lowest BCUT2D eigenvalue weighted by Gasteiger charge is -2.05. The van der Waals surface area contributed by atoms with Gasteiger partial charge in [0, 0.05) is 13.6 Å². The quantitative estimate of drug-likeness (QED) is 0.726. The maximum absolute atomic E-state index is 5.45. The molecule has 2 heterocycles. The van der Waals surface area contributed by atoms with Crippen molar-refractivity contribution in [3.8, 4) is 0 Å². The first-order valence-corrected chi connectivity index (χ1v) is 5.89. The Balaban J connectivity index is 1.99. The molecule has 92 valence electrons. The van der Waals surface area contributed by atoms with E-state index in [0.29, 0.717) is 0 Å². The van der Waals surface area contributed by atoms with E-state index in [4.69, 9.17) is 5.73 Å². The van der Waals surface area contributed by atoms with Crippen LogP contribution in [-0.4, -0.2) is 32.8 Å². The van der Waals surface area contributed by atoms with Gasteiger partial charge in [0.15, 0.2) is 5.65 Å². The van der Waals surface area contributed by atoms with Crippen LogP contribution >= 0.6 is 0 Å². The molecule has 0 radical (unpaired) electrons. The molecule has 0 spiro atoms. The lowest BCUT2D eigenvalue weighted by Crippen LogP contribution is -2.05. The van der Waals surface area contributed by atoms with Crippen molar-refractivity contribution in [3.63, 3.8) is 0 Å². The Kier molecular flexibility index (Phi) is 3.87. The average Bonchev–Trinajstić information content (AvgIpc) is 2.72. The lowest BCUT2D eigenvalue weighted by atomic mass is 10.2. The molecule has 6 heteroatoms. The van der Waals surface area contributed by atoms with Gasteiger partial charge >= 0.3 is 0 Å². The van der Waals surface area contributed by atoms with Gasteiger partial charge in [0.2, 0.25) is 0 Å². The Morgan fingerprint density at radius 3 is 3.00 bits per heavy atom. The van der Waals surface area contributed by atoms with E-state index in [1.807, 2.05) is 7.05 Å². The molecule has 0 unspecified atom stereocenters. The van der Waals surface area contributed by atoms with Crippen molar-refractivity contribution in [3.05, 3.63) is 12.5 Å². The molecule has 6 nitrogen and oxygen atoms in total. The fourth-order valence-corrected chi connectivity index (χ4v) is 1.76. The third-order valence-electron chi connectivity index (χ3n) is 2.70. The number of nitrogens with two attached hydrogens (primary N) is 1. The average molecular weight is 234 g/mol. The first kappa shape index (κ1) is 11.8. The van der Waals surface area contributed by atoms with E-state index in [0.717, 1.165) is 49.2 Å². The summed E-state index contributed by atoms with van der Waals surface area (Å²) >= 11 is 0. The van der Waals surface area contributed by atoms with Crippen LogP contribution in [0.3, 0.4) is 0 Å². The van der Waals surface area contributed by atoms with Crippen molar-refractivity contribution >= 4 is 16.9 Å². The Morgan fingerprint density at radius 2 is 2.18 bits per heavy atom. The van der Waals surface area contributed by atoms with Gasteiger partial charge in [-0.2, -0.15) is 5.10 Å². The summed E-state index contributed by atoms with van der Waals surface area (Å²) in [6, 6.07) is 0. The van der Waals surface area contributed by atoms with Crippen LogP contribution < -0.4 is 11.1 Å². The Hall–Kier alpha value is -1.69. The second-order valence-electron chi connectivity index (χ2n) is 4.00. The van der Waals surface area contributed by atoms with Crippen LogP contribution in [-0.2, 0) is 7.05 Å². The number of rotatable bonds is 6. The van der Waals surface area contributed by atoms with E-state index in [1.165, 1.54) is 0 Å². The fourth-order valence-electron chi connectivity index (χ4n) is 1.76. The fraction of sp³-hybridized carbons (Fsp3) is 0.545. The molecular weight excluding hydrogens is 216 g/mol. The third kappa shape index (κ3) is 2.71. The minimum Gasteiger partial charge on any atom is -0.369 e. The standard InChI is InChI=1S/C11H18N6/c1-17-11-9(7-16-17)10(14-8-15-11)13-6-4-2-3-5-12/h7-8H,2-6,12H2,1H3,(H,13,14,15). The third-order valence-corrected chi connectivity index (χ3v) is 2.70. The van der Waals surface area contributed by atoms with Crippen molar-refractivity contribution in [2.24, 2.45) is 12.8 Å².